The number of ether oxygens (including phenoxy) is 1. The van der Waals surface area contributed by atoms with Crippen molar-refractivity contribution in [2.75, 3.05) is 11.9 Å². The number of Topliss-reactive ketones (excluding diaryl/α,β-unsaturated/α-hetero) is 1. The minimum Gasteiger partial charge on any atom is -0.375 e. The fourth-order valence-corrected chi connectivity index (χ4v) is 2.61. The van der Waals surface area contributed by atoms with Crippen LogP contribution in [0.4, 0.5) is 18.9 Å². The maximum absolute atomic E-state index is 12.4. The summed E-state index contributed by atoms with van der Waals surface area (Å²) >= 11 is 0. The average Bonchev–Trinajstić information content (AvgIpc) is 3.18. The number of halogens is 3. The molecule has 1 aromatic heterocycles. The summed E-state index contributed by atoms with van der Waals surface area (Å²) in [4.78, 5) is 23.4. The molecule has 9 heteroatoms. The number of aromatic nitrogens is 2. The molecule has 3 aromatic rings. The lowest BCUT2D eigenvalue weighted by Crippen LogP contribution is -2.22. The molecule has 6 nitrogen and oxygen atoms in total. The Kier molecular flexibility index (Phi) is 6.63. The van der Waals surface area contributed by atoms with Crippen molar-refractivity contribution in [3.63, 3.8) is 0 Å². The molecule has 0 fully saturated rings. The fraction of sp³-hybridized carbons (Fsp3) is 0.190. The van der Waals surface area contributed by atoms with E-state index >= 15 is 0 Å². The van der Waals surface area contributed by atoms with Crippen LogP contribution in [0.15, 0.2) is 67.0 Å². The second-order valence-corrected chi connectivity index (χ2v) is 6.39. The first-order valence-corrected chi connectivity index (χ1v) is 9.00. The molecule has 1 N–H and O–H groups in total. The first kappa shape index (κ1) is 21.3. The molecule has 0 saturated heterocycles. The number of alkyl halides is 3. The third kappa shape index (κ3) is 5.77. The zero-order valence-electron chi connectivity index (χ0n) is 15.7. The van der Waals surface area contributed by atoms with Gasteiger partial charge in [-0.1, -0.05) is 42.5 Å². The van der Waals surface area contributed by atoms with Crippen molar-refractivity contribution in [1.29, 1.82) is 0 Å². The van der Waals surface area contributed by atoms with E-state index < -0.39 is 23.4 Å². The van der Waals surface area contributed by atoms with Gasteiger partial charge in [0.1, 0.15) is 0 Å². The SMILES string of the molecule is O=C(Nc1cnn(CCOCc2ccccc2)c1)c1ccc(C(=O)C(F)(F)F)cc1. The second kappa shape index (κ2) is 9.36. The van der Waals surface area contributed by atoms with Gasteiger partial charge >= 0.3 is 6.18 Å². The van der Waals surface area contributed by atoms with Gasteiger partial charge in [0, 0.05) is 17.3 Å². The number of benzene rings is 2. The molecule has 0 spiro atoms. The highest BCUT2D eigenvalue weighted by Crippen LogP contribution is 2.21. The Morgan fingerprint density at radius 2 is 1.67 bits per heavy atom. The third-order valence-corrected chi connectivity index (χ3v) is 4.13. The normalized spacial score (nSPS) is 11.3. The number of rotatable bonds is 8. The van der Waals surface area contributed by atoms with Crippen molar-refractivity contribution in [2.45, 2.75) is 19.3 Å². The monoisotopic (exact) mass is 417 g/mol. The van der Waals surface area contributed by atoms with E-state index in [9.17, 15) is 22.8 Å². The Bertz CT molecular complexity index is 1000. The molecular weight excluding hydrogens is 399 g/mol. The predicted molar refractivity (Wildman–Crippen MR) is 103 cm³/mol. The highest BCUT2D eigenvalue weighted by molar-refractivity contribution is 6.05. The van der Waals surface area contributed by atoms with E-state index in [2.05, 4.69) is 10.4 Å². The van der Waals surface area contributed by atoms with Gasteiger partial charge in [-0.2, -0.15) is 18.3 Å². The molecule has 2 aromatic carbocycles. The van der Waals surface area contributed by atoms with Crippen LogP contribution < -0.4 is 5.32 Å². The minimum atomic E-state index is -4.96. The first-order chi connectivity index (χ1) is 14.3. The van der Waals surface area contributed by atoms with E-state index in [4.69, 9.17) is 4.74 Å². The van der Waals surface area contributed by atoms with Crippen molar-refractivity contribution in [3.05, 3.63) is 83.7 Å². The summed E-state index contributed by atoms with van der Waals surface area (Å²) < 4.78 is 44.5. The van der Waals surface area contributed by atoms with Crippen molar-refractivity contribution >= 4 is 17.4 Å². The summed E-state index contributed by atoms with van der Waals surface area (Å²) in [5, 5.41) is 6.73. The molecule has 0 aliphatic rings. The molecule has 0 unspecified atom stereocenters. The summed E-state index contributed by atoms with van der Waals surface area (Å²) in [6, 6.07) is 14.0. The van der Waals surface area contributed by atoms with E-state index in [0.717, 1.165) is 29.8 Å². The summed E-state index contributed by atoms with van der Waals surface area (Å²) in [6.45, 7) is 1.40. The number of nitrogens with one attached hydrogen (secondary N) is 1. The molecule has 0 radical (unpaired) electrons. The van der Waals surface area contributed by atoms with E-state index in [1.165, 1.54) is 6.20 Å². The van der Waals surface area contributed by atoms with Gasteiger partial charge in [-0.05, 0) is 17.7 Å². The summed E-state index contributed by atoms with van der Waals surface area (Å²) in [7, 11) is 0. The lowest BCUT2D eigenvalue weighted by molar-refractivity contribution is -0.0885. The number of hydrogen-bond donors (Lipinski definition) is 1. The lowest BCUT2D eigenvalue weighted by atomic mass is 10.1. The number of hydrogen-bond acceptors (Lipinski definition) is 4. The molecule has 0 aliphatic carbocycles. The zero-order valence-corrected chi connectivity index (χ0v) is 15.7. The number of nitrogens with zero attached hydrogens (tertiary/aromatic N) is 2. The maximum Gasteiger partial charge on any atom is 0.454 e. The molecule has 1 amide bonds. The molecular formula is C21H18F3N3O3. The van der Waals surface area contributed by atoms with Crippen LogP contribution in [-0.4, -0.2) is 34.3 Å². The second-order valence-electron chi connectivity index (χ2n) is 6.39. The largest absolute Gasteiger partial charge is 0.454 e. The van der Waals surface area contributed by atoms with Crippen LogP contribution in [-0.2, 0) is 17.9 Å². The Labute approximate surface area is 170 Å². The van der Waals surface area contributed by atoms with Crippen LogP contribution in [0.25, 0.3) is 0 Å². The average molecular weight is 417 g/mol. The number of carbonyl (C=O) groups excluding carboxylic acids is 2. The Morgan fingerprint density at radius 1 is 1.00 bits per heavy atom. The van der Waals surface area contributed by atoms with E-state index in [0.29, 0.717) is 25.4 Å². The standard InChI is InChI=1S/C21H18F3N3O3/c22-21(23,24)19(28)16-6-8-17(9-7-16)20(29)26-18-12-25-27(13-18)10-11-30-14-15-4-2-1-3-5-15/h1-9,12-13H,10-11,14H2,(H,26,29). The van der Waals surface area contributed by atoms with Crippen LogP contribution in [0.1, 0.15) is 26.3 Å². The zero-order chi connectivity index (χ0) is 21.6. The highest BCUT2D eigenvalue weighted by Gasteiger charge is 2.39. The van der Waals surface area contributed by atoms with Gasteiger partial charge in [0.2, 0.25) is 0 Å². The van der Waals surface area contributed by atoms with Crippen molar-refractivity contribution < 1.29 is 27.5 Å². The van der Waals surface area contributed by atoms with Crippen molar-refractivity contribution in [1.82, 2.24) is 9.78 Å². The molecule has 0 aliphatic heterocycles. The van der Waals surface area contributed by atoms with Gasteiger partial charge in [-0.15, -0.1) is 0 Å². The maximum atomic E-state index is 12.4. The van der Waals surface area contributed by atoms with Crippen LogP contribution in [0, 0.1) is 0 Å². The quantitative estimate of drug-likeness (QED) is 0.443. The van der Waals surface area contributed by atoms with Crippen molar-refractivity contribution in [3.8, 4) is 0 Å². The molecule has 0 atom stereocenters. The van der Waals surface area contributed by atoms with Gasteiger partial charge in [-0.25, -0.2) is 0 Å². The number of carbonyl (C=O) groups is 2. The predicted octanol–water partition coefficient (Wildman–Crippen LogP) is 4.10. The molecule has 30 heavy (non-hydrogen) atoms. The minimum absolute atomic E-state index is 0.118. The van der Waals surface area contributed by atoms with E-state index in [1.807, 2.05) is 30.3 Å². The topological polar surface area (TPSA) is 73.2 Å². The van der Waals surface area contributed by atoms with Gasteiger partial charge in [0.05, 0.1) is 31.6 Å². The van der Waals surface area contributed by atoms with Crippen molar-refractivity contribution in [2.24, 2.45) is 0 Å². The highest BCUT2D eigenvalue weighted by atomic mass is 19.4. The molecule has 1 heterocycles. The summed E-state index contributed by atoms with van der Waals surface area (Å²) in [5.41, 5.74) is 1.09. The molecule has 156 valence electrons. The van der Waals surface area contributed by atoms with Gasteiger partial charge in [0.25, 0.3) is 11.7 Å². The Hall–Kier alpha value is -3.46. The number of ketones is 1. The number of anilines is 1. The number of amides is 1. The Balaban J connectivity index is 1.49. The molecule has 0 bridgehead atoms. The summed E-state index contributed by atoms with van der Waals surface area (Å²) in [6.07, 6.45) is -1.88. The summed E-state index contributed by atoms with van der Waals surface area (Å²) in [5.74, 6) is -2.48. The molecule has 3 rings (SSSR count). The van der Waals surface area contributed by atoms with Gasteiger partial charge in [0.15, 0.2) is 0 Å². The van der Waals surface area contributed by atoms with Gasteiger partial charge < -0.3 is 10.1 Å². The third-order valence-electron chi connectivity index (χ3n) is 4.13. The Morgan fingerprint density at radius 3 is 2.33 bits per heavy atom. The van der Waals surface area contributed by atoms with E-state index in [1.54, 1.807) is 10.9 Å². The van der Waals surface area contributed by atoms with E-state index in [-0.39, 0.29) is 5.56 Å². The lowest BCUT2D eigenvalue weighted by Gasteiger charge is -2.06. The van der Waals surface area contributed by atoms with Gasteiger partial charge in [-0.3, -0.25) is 14.3 Å². The van der Waals surface area contributed by atoms with Crippen LogP contribution in [0.2, 0.25) is 0 Å². The fourth-order valence-electron chi connectivity index (χ4n) is 2.61. The first-order valence-electron chi connectivity index (χ1n) is 9.00. The smallest absolute Gasteiger partial charge is 0.375 e. The van der Waals surface area contributed by atoms with Crippen LogP contribution in [0.5, 0.6) is 0 Å². The molecule has 0 saturated carbocycles. The van der Waals surface area contributed by atoms with Crippen LogP contribution in [0.3, 0.4) is 0 Å². The van der Waals surface area contributed by atoms with Crippen LogP contribution >= 0.6 is 0 Å².